The molecule has 3 heteroatoms. The molecular formula is C9H23N3. The van der Waals surface area contributed by atoms with Crippen LogP contribution in [-0.4, -0.2) is 18.1 Å². The molecule has 0 heterocycles. The predicted molar refractivity (Wildman–Crippen MR) is 53.7 cm³/mol. The zero-order valence-electron chi connectivity index (χ0n) is 8.46. The number of nitrogens with two attached hydrogens (primary N) is 3. The van der Waals surface area contributed by atoms with E-state index >= 15 is 0 Å². The molecule has 0 aliphatic carbocycles. The highest BCUT2D eigenvalue weighted by atomic mass is 14.8. The fourth-order valence-electron chi connectivity index (χ4n) is 1.27. The quantitative estimate of drug-likeness (QED) is 0.564. The van der Waals surface area contributed by atoms with Crippen molar-refractivity contribution in [3.8, 4) is 0 Å². The van der Waals surface area contributed by atoms with Gasteiger partial charge in [0.05, 0.1) is 0 Å². The molecular weight excluding hydrogens is 150 g/mol. The van der Waals surface area contributed by atoms with E-state index in [1.165, 1.54) is 0 Å². The van der Waals surface area contributed by atoms with Crippen molar-refractivity contribution in [3.05, 3.63) is 0 Å². The highest BCUT2D eigenvalue weighted by Gasteiger charge is 2.21. The lowest BCUT2D eigenvalue weighted by Gasteiger charge is -2.28. The number of hydrogen-bond acceptors (Lipinski definition) is 3. The molecule has 0 rings (SSSR count). The zero-order valence-corrected chi connectivity index (χ0v) is 8.46. The van der Waals surface area contributed by atoms with Crippen molar-refractivity contribution < 1.29 is 0 Å². The van der Waals surface area contributed by atoms with Crippen LogP contribution < -0.4 is 17.2 Å². The Balaban J connectivity index is 3.90. The molecule has 6 N–H and O–H groups in total. The van der Waals surface area contributed by atoms with E-state index in [1.807, 2.05) is 6.92 Å². The van der Waals surface area contributed by atoms with Gasteiger partial charge in [0.15, 0.2) is 0 Å². The lowest BCUT2D eigenvalue weighted by atomic mass is 9.89. The summed E-state index contributed by atoms with van der Waals surface area (Å²) < 4.78 is 0. The smallest absolute Gasteiger partial charge is 0.0233 e. The summed E-state index contributed by atoms with van der Waals surface area (Å²) in [7, 11) is 0. The van der Waals surface area contributed by atoms with Crippen LogP contribution in [0.2, 0.25) is 0 Å². The molecule has 0 saturated carbocycles. The first-order valence-corrected chi connectivity index (χ1v) is 4.77. The van der Waals surface area contributed by atoms with Gasteiger partial charge >= 0.3 is 0 Å². The summed E-state index contributed by atoms with van der Waals surface area (Å²) in [6.45, 7) is 6.15. The average molecular weight is 173 g/mol. The van der Waals surface area contributed by atoms with E-state index in [4.69, 9.17) is 17.2 Å². The van der Waals surface area contributed by atoms with E-state index in [2.05, 4.69) is 13.8 Å². The molecule has 0 amide bonds. The highest BCUT2D eigenvalue weighted by molar-refractivity contribution is 4.84. The van der Waals surface area contributed by atoms with Crippen molar-refractivity contribution >= 4 is 0 Å². The van der Waals surface area contributed by atoms with Crippen LogP contribution in [-0.2, 0) is 0 Å². The number of rotatable bonds is 5. The largest absolute Gasteiger partial charge is 0.328 e. The van der Waals surface area contributed by atoms with E-state index in [-0.39, 0.29) is 18.1 Å². The fourth-order valence-corrected chi connectivity index (χ4v) is 1.27. The molecule has 0 radical (unpaired) electrons. The topological polar surface area (TPSA) is 78.1 Å². The Kier molecular flexibility index (Phi) is 5.46. The molecule has 0 aliphatic rings. The van der Waals surface area contributed by atoms with E-state index in [0.717, 1.165) is 12.8 Å². The summed E-state index contributed by atoms with van der Waals surface area (Å²) >= 11 is 0. The lowest BCUT2D eigenvalue weighted by molar-refractivity contribution is 0.336. The van der Waals surface area contributed by atoms with Crippen molar-refractivity contribution in [3.63, 3.8) is 0 Å². The fraction of sp³-hybridized carbons (Fsp3) is 1.00. The molecule has 74 valence electrons. The average Bonchev–Trinajstić information content (AvgIpc) is 2.02. The van der Waals surface area contributed by atoms with Gasteiger partial charge in [-0.3, -0.25) is 0 Å². The lowest BCUT2D eigenvalue weighted by Crippen LogP contribution is -2.50. The molecule has 4 atom stereocenters. The highest BCUT2D eigenvalue weighted by Crippen LogP contribution is 2.10. The van der Waals surface area contributed by atoms with Crippen LogP contribution in [0, 0.1) is 5.92 Å². The summed E-state index contributed by atoms with van der Waals surface area (Å²) in [5.74, 6) is 0.298. The molecule has 1 unspecified atom stereocenters. The predicted octanol–water partition coefficient (Wildman–Crippen LogP) is 0.424. The van der Waals surface area contributed by atoms with Gasteiger partial charge in [0, 0.05) is 18.1 Å². The molecule has 3 nitrogen and oxygen atoms in total. The summed E-state index contributed by atoms with van der Waals surface area (Å²) in [5.41, 5.74) is 17.6. The van der Waals surface area contributed by atoms with Crippen molar-refractivity contribution in [2.45, 2.75) is 51.7 Å². The third kappa shape index (κ3) is 3.52. The van der Waals surface area contributed by atoms with E-state index in [9.17, 15) is 0 Å². The van der Waals surface area contributed by atoms with Gasteiger partial charge < -0.3 is 17.2 Å². The van der Waals surface area contributed by atoms with Crippen LogP contribution in [0.15, 0.2) is 0 Å². The van der Waals surface area contributed by atoms with Crippen molar-refractivity contribution in [1.82, 2.24) is 0 Å². The molecule has 0 bridgehead atoms. The van der Waals surface area contributed by atoms with Crippen LogP contribution in [0.25, 0.3) is 0 Å². The van der Waals surface area contributed by atoms with Gasteiger partial charge in [0.2, 0.25) is 0 Å². The van der Waals surface area contributed by atoms with Gasteiger partial charge in [-0.25, -0.2) is 0 Å². The van der Waals surface area contributed by atoms with Crippen molar-refractivity contribution in [1.29, 1.82) is 0 Å². The SMILES string of the molecule is CCC[C@@H](N)C(N)[C@@H](C)[C@@H](C)N. The molecule has 0 spiro atoms. The monoisotopic (exact) mass is 173 g/mol. The minimum atomic E-state index is 0.0324. The Bertz CT molecular complexity index is 114. The van der Waals surface area contributed by atoms with Crippen molar-refractivity contribution in [2.75, 3.05) is 0 Å². The summed E-state index contributed by atoms with van der Waals surface area (Å²) in [4.78, 5) is 0. The van der Waals surface area contributed by atoms with Gasteiger partial charge in [-0.15, -0.1) is 0 Å². The van der Waals surface area contributed by atoms with Crippen LogP contribution in [0.5, 0.6) is 0 Å². The summed E-state index contributed by atoms with van der Waals surface area (Å²) in [5, 5.41) is 0. The second-order valence-electron chi connectivity index (χ2n) is 3.75. The number of hydrogen-bond donors (Lipinski definition) is 3. The Morgan fingerprint density at radius 2 is 1.58 bits per heavy atom. The van der Waals surface area contributed by atoms with Gasteiger partial charge in [-0.1, -0.05) is 20.3 Å². The van der Waals surface area contributed by atoms with Gasteiger partial charge in [0.25, 0.3) is 0 Å². The van der Waals surface area contributed by atoms with Crippen LogP contribution in [0.1, 0.15) is 33.6 Å². The van der Waals surface area contributed by atoms with E-state index in [1.54, 1.807) is 0 Å². The second kappa shape index (κ2) is 5.51. The Morgan fingerprint density at radius 3 is 1.92 bits per heavy atom. The molecule has 0 aromatic heterocycles. The summed E-state index contributed by atoms with van der Waals surface area (Å²) in [6.07, 6.45) is 2.07. The Labute approximate surface area is 75.7 Å². The first-order valence-electron chi connectivity index (χ1n) is 4.77. The van der Waals surface area contributed by atoms with Crippen molar-refractivity contribution in [2.24, 2.45) is 23.1 Å². The standard InChI is InChI=1S/C9H23N3/c1-4-5-8(11)9(12)6(2)7(3)10/h6-9H,4-5,10-12H2,1-3H3/t6-,7+,8+,9?/m0/s1. The normalized spacial score (nSPS) is 21.5. The minimum absolute atomic E-state index is 0.0324. The zero-order chi connectivity index (χ0) is 9.72. The Hall–Kier alpha value is -0.120. The molecule has 0 aromatic carbocycles. The third-order valence-electron chi connectivity index (χ3n) is 2.55. The maximum Gasteiger partial charge on any atom is 0.0233 e. The first-order chi connectivity index (χ1) is 5.50. The van der Waals surface area contributed by atoms with Gasteiger partial charge in [-0.2, -0.15) is 0 Å². The maximum absolute atomic E-state index is 5.94. The Morgan fingerprint density at radius 1 is 1.08 bits per heavy atom. The molecule has 0 fully saturated rings. The van der Waals surface area contributed by atoms with E-state index in [0.29, 0.717) is 5.92 Å². The molecule has 0 aromatic rings. The van der Waals surface area contributed by atoms with Gasteiger partial charge in [0.1, 0.15) is 0 Å². The molecule has 0 aliphatic heterocycles. The third-order valence-corrected chi connectivity index (χ3v) is 2.55. The van der Waals surface area contributed by atoms with Crippen LogP contribution in [0.3, 0.4) is 0 Å². The summed E-state index contributed by atoms with van der Waals surface area (Å²) in [6, 6.07) is 0.254. The second-order valence-corrected chi connectivity index (χ2v) is 3.75. The molecule has 0 saturated heterocycles. The maximum atomic E-state index is 5.94. The molecule has 12 heavy (non-hydrogen) atoms. The first kappa shape index (κ1) is 11.9. The van der Waals surface area contributed by atoms with Crippen LogP contribution in [0.4, 0.5) is 0 Å². The minimum Gasteiger partial charge on any atom is -0.328 e. The van der Waals surface area contributed by atoms with Gasteiger partial charge in [-0.05, 0) is 19.3 Å². The van der Waals surface area contributed by atoms with Crippen LogP contribution >= 0.6 is 0 Å². The van der Waals surface area contributed by atoms with E-state index < -0.39 is 0 Å².